The van der Waals surface area contributed by atoms with Crippen molar-refractivity contribution in [2.75, 3.05) is 14.2 Å². The molecule has 0 aliphatic heterocycles. The van der Waals surface area contributed by atoms with E-state index < -0.39 is 15.9 Å². The second-order valence-electron chi connectivity index (χ2n) is 7.19. The van der Waals surface area contributed by atoms with Crippen molar-refractivity contribution in [1.82, 2.24) is 15.0 Å². The van der Waals surface area contributed by atoms with Crippen molar-refractivity contribution < 1.29 is 22.3 Å². The monoisotopic (exact) mass is 487 g/mol. The van der Waals surface area contributed by atoms with Crippen molar-refractivity contribution >= 4 is 32.3 Å². The summed E-state index contributed by atoms with van der Waals surface area (Å²) in [6.07, 6.45) is 0.570. The fourth-order valence-electron chi connectivity index (χ4n) is 3.52. The lowest BCUT2D eigenvalue weighted by Gasteiger charge is -2.13. The first-order chi connectivity index (χ1) is 15.8. The third kappa shape index (κ3) is 4.80. The highest BCUT2D eigenvalue weighted by atomic mass is 35.5. The van der Waals surface area contributed by atoms with Crippen LogP contribution in [-0.2, 0) is 26.9 Å². The number of methoxy groups -OCH3 is 2. The Bertz CT molecular complexity index is 1450. The van der Waals surface area contributed by atoms with Crippen molar-refractivity contribution in [1.29, 1.82) is 0 Å². The van der Waals surface area contributed by atoms with E-state index in [1.807, 2.05) is 0 Å². The highest BCUT2D eigenvalue weighted by molar-refractivity contribution is 7.90. The van der Waals surface area contributed by atoms with Crippen LogP contribution >= 0.6 is 11.6 Å². The number of ether oxygens (including phenoxy) is 2. The number of fused-ring (bicyclic) bond motifs is 1. The van der Waals surface area contributed by atoms with Gasteiger partial charge >= 0.3 is 6.08 Å². The average molecular weight is 488 g/mol. The molecule has 2 aromatic heterocycles. The molecule has 0 radical (unpaired) electrons. The topological polar surface area (TPSA) is 91.3 Å². The summed E-state index contributed by atoms with van der Waals surface area (Å²) >= 11 is 6.07. The summed E-state index contributed by atoms with van der Waals surface area (Å²) in [6.45, 7) is 0.213. The van der Waals surface area contributed by atoms with Gasteiger partial charge in [-0.25, -0.2) is 23.4 Å². The van der Waals surface area contributed by atoms with Gasteiger partial charge in [-0.3, -0.25) is 0 Å². The Labute approximate surface area is 195 Å². The minimum atomic E-state index is -3.71. The first-order valence-electron chi connectivity index (χ1n) is 9.78. The van der Waals surface area contributed by atoms with Gasteiger partial charge in [0.1, 0.15) is 0 Å². The molecule has 0 atom stereocenters. The Hall–Kier alpha value is -3.14. The second-order valence-corrected chi connectivity index (χ2v) is 9.56. The number of sulfone groups is 1. The summed E-state index contributed by atoms with van der Waals surface area (Å²) < 4.78 is 50.0. The van der Waals surface area contributed by atoms with E-state index in [9.17, 15) is 12.8 Å². The quantitative estimate of drug-likeness (QED) is 0.351. The predicted molar refractivity (Wildman–Crippen MR) is 122 cm³/mol. The normalized spacial score (nSPS) is 11.6. The molecule has 0 aliphatic carbocycles. The number of hydrogen-bond donors (Lipinski definition) is 0. The fourth-order valence-corrected chi connectivity index (χ4v) is 5.37. The van der Waals surface area contributed by atoms with Gasteiger partial charge in [0.2, 0.25) is 5.88 Å². The Balaban J connectivity index is 1.75. The molecule has 0 fully saturated rings. The van der Waals surface area contributed by atoms with Gasteiger partial charge < -0.3 is 9.47 Å². The van der Waals surface area contributed by atoms with Crippen LogP contribution < -0.4 is 4.74 Å². The van der Waals surface area contributed by atoms with Crippen LogP contribution in [0.15, 0.2) is 59.6 Å². The van der Waals surface area contributed by atoms with Crippen molar-refractivity contribution in [2.45, 2.75) is 17.3 Å². The molecule has 4 rings (SSSR count). The summed E-state index contributed by atoms with van der Waals surface area (Å²) in [7, 11) is -0.726. The van der Waals surface area contributed by atoms with Crippen molar-refractivity contribution in [2.24, 2.45) is 0 Å². The maximum atomic E-state index is 13.6. The van der Waals surface area contributed by atoms with Crippen molar-refractivity contribution in [3.8, 4) is 17.0 Å². The van der Waals surface area contributed by atoms with Crippen molar-refractivity contribution in [3.63, 3.8) is 0 Å². The van der Waals surface area contributed by atoms with Crippen LogP contribution in [0.1, 0.15) is 11.3 Å². The average Bonchev–Trinajstić information content (AvgIpc) is 2.79. The first-order valence-corrected chi connectivity index (χ1v) is 11.8. The Morgan fingerprint density at radius 2 is 1.85 bits per heavy atom. The Morgan fingerprint density at radius 1 is 1.06 bits per heavy atom. The fraction of sp³-hybridized carbons (Fsp3) is 0.174. The van der Waals surface area contributed by atoms with E-state index in [4.69, 9.17) is 21.1 Å². The number of halogens is 2. The molecule has 0 N–H and O–H groups in total. The van der Waals surface area contributed by atoms with E-state index in [-0.39, 0.29) is 28.2 Å². The van der Waals surface area contributed by atoms with Gasteiger partial charge in [-0.2, -0.15) is 4.39 Å². The van der Waals surface area contributed by atoms with Gasteiger partial charge in [-0.05, 0) is 42.0 Å². The van der Waals surface area contributed by atoms with Gasteiger partial charge in [0.25, 0.3) is 0 Å². The van der Waals surface area contributed by atoms with Gasteiger partial charge in [-0.1, -0.05) is 23.7 Å². The summed E-state index contributed by atoms with van der Waals surface area (Å²) in [5.74, 6) is -0.0970. The van der Waals surface area contributed by atoms with Gasteiger partial charge in [-0.15, -0.1) is 0 Å². The molecule has 10 heteroatoms. The minimum Gasteiger partial charge on any atom is -0.481 e. The predicted octanol–water partition coefficient (Wildman–Crippen LogP) is 4.61. The van der Waals surface area contributed by atoms with E-state index in [1.54, 1.807) is 36.4 Å². The number of hydrogen-bond acceptors (Lipinski definition) is 7. The molecule has 0 saturated carbocycles. The zero-order chi connectivity index (χ0) is 23.6. The lowest BCUT2D eigenvalue weighted by molar-refractivity contribution is 0.186. The first kappa shape index (κ1) is 23.0. The SMILES string of the molecule is COCc1cc(-c2ccc(CS(=O)(=O)c3ccccc3Cl)nc2OC)cc2cnc(F)nc12. The lowest BCUT2D eigenvalue weighted by Crippen LogP contribution is -2.08. The summed E-state index contributed by atoms with van der Waals surface area (Å²) in [5, 5.41) is 0.773. The van der Waals surface area contributed by atoms with E-state index in [0.717, 1.165) is 5.56 Å². The molecule has 0 unspecified atom stereocenters. The maximum Gasteiger partial charge on any atom is 0.309 e. The van der Waals surface area contributed by atoms with Gasteiger partial charge in [0, 0.05) is 29.8 Å². The van der Waals surface area contributed by atoms with E-state index in [0.29, 0.717) is 27.7 Å². The van der Waals surface area contributed by atoms with Crippen molar-refractivity contribution in [3.05, 3.63) is 77.1 Å². The van der Waals surface area contributed by atoms with Crippen LogP contribution in [0.2, 0.25) is 5.02 Å². The maximum absolute atomic E-state index is 13.6. The van der Waals surface area contributed by atoms with E-state index in [2.05, 4.69) is 15.0 Å². The number of rotatable bonds is 7. The Morgan fingerprint density at radius 3 is 2.58 bits per heavy atom. The molecular weight excluding hydrogens is 469 g/mol. The molecule has 0 aliphatic rings. The van der Waals surface area contributed by atoms with Gasteiger partial charge in [0.15, 0.2) is 9.84 Å². The standard InChI is InChI=1S/C23H19ClFN3O4S/c1-31-12-16-10-14(9-15-11-26-23(25)28-21(15)16)18-8-7-17(27-22(18)32-2)13-33(29,30)20-6-4-3-5-19(20)24/h3-11H,12-13H2,1-2H3. The van der Waals surface area contributed by atoms with E-state index >= 15 is 0 Å². The summed E-state index contributed by atoms with van der Waals surface area (Å²) in [4.78, 5) is 12.0. The summed E-state index contributed by atoms with van der Waals surface area (Å²) in [6, 6.07) is 13.2. The van der Waals surface area contributed by atoms with Crippen LogP contribution in [0, 0.1) is 6.08 Å². The molecule has 0 amide bonds. The number of benzene rings is 2. The number of nitrogens with zero attached hydrogens (tertiary/aromatic N) is 3. The van der Waals surface area contributed by atoms with E-state index in [1.165, 1.54) is 32.5 Å². The highest BCUT2D eigenvalue weighted by Crippen LogP contribution is 2.33. The third-order valence-electron chi connectivity index (χ3n) is 4.96. The summed E-state index contributed by atoms with van der Waals surface area (Å²) in [5.41, 5.74) is 2.76. The molecule has 4 aromatic rings. The minimum absolute atomic E-state index is 0.0440. The lowest BCUT2D eigenvalue weighted by atomic mass is 10.0. The Kier molecular flexibility index (Phi) is 6.55. The molecule has 2 aromatic carbocycles. The molecule has 2 heterocycles. The van der Waals surface area contributed by atoms with Crippen LogP contribution in [-0.4, -0.2) is 37.6 Å². The number of aromatic nitrogens is 3. The zero-order valence-electron chi connectivity index (χ0n) is 17.7. The van der Waals surface area contributed by atoms with Crippen LogP contribution in [0.4, 0.5) is 4.39 Å². The van der Waals surface area contributed by atoms with Crippen LogP contribution in [0.3, 0.4) is 0 Å². The molecule has 0 saturated heterocycles. The smallest absolute Gasteiger partial charge is 0.309 e. The third-order valence-corrected chi connectivity index (χ3v) is 7.11. The second kappa shape index (κ2) is 9.38. The zero-order valence-corrected chi connectivity index (χ0v) is 19.3. The molecular formula is C23H19ClFN3O4S. The molecule has 33 heavy (non-hydrogen) atoms. The highest BCUT2D eigenvalue weighted by Gasteiger charge is 2.21. The largest absolute Gasteiger partial charge is 0.481 e. The number of pyridine rings is 1. The van der Waals surface area contributed by atoms with Crippen LogP contribution in [0.5, 0.6) is 5.88 Å². The molecule has 170 valence electrons. The molecule has 7 nitrogen and oxygen atoms in total. The van der Waals surface area contributed by atoms with Crippen LogP contribution in [0.25, 0.3) is 22.0 Å². The van der Waals surface area contributed by atoms with Gasteiger partial charge in [0.05, 0.1) is 40.6 Å². The molecule has 0 bridgehead atoms. The molecule has 0 spiro atoms.